The molecule has 22 heavy (non-hydrogen) atoms. The van der Waals surface area contributed by atoms with Crippen molar-refractivity contribution in [1.29, 1.82) is 0 Å². The molecule has 2 heterocycles. The van der Waals surface area contributed by atoms with Gasteiger partial charge in [0.1, 0.15) is 17.9 Å². The molecule has 0 fully saturated rings. The third kappa shape index (κ3) is 3.37. The van der Waals surface area contributed by atoms with Crippen molar-refractivity contribution >= 4 is 28.8 Å². The van der Waals surface area contributed by atoms with Gasteiger partial charge in [-0.2, -0.15) is 5.10 Å². The first-order valence-electron chi connectivity index (χ1n) is 6.31. The molecule has 0 amide bonds. The van der Waals surface area contributed by atoms with Crippen molar-refractivity contribution in [3.05, 3.63) is 43.9 Å². The number of carbonyl (C=O) groups excluding carboxylic acids is 2. The van der Waals surface area contributed by atoms with Gasteiger partial charge in [-0.25, -0.2) is 0 Å². The van der Waals surface area contributed by atoms with Crippen LogP contribution in [0.15, 0.2) is 17.5 Å². The van der Waals surface area contributed by atoms with Crippen molar-refractivity contribution in [2.45, 2.75) is 20.4 Å². The largest absolute Gasteiger partial charge is 0.456 e. The topological polar surface area (TPSA) is 104 Å². The van der Waals surface area contributed by atoms with E-state index in [9.17, 15) is 19.7 Å². The van der Waals surface area contributed by atoms with Gasteiger partial charge in [0.05, 0.1) is 9.80 Å². The number of aryl methyl sites for hydroxylation is 1. The average Bonchev–Trinajstić information content (AvgIpc) is 3.05. The van der Waals surface area contributed by atoms with Gasteiger partial charge in [0.25, 0.3) is 0 Å². The molecule has 0 aliphatic rings. The number of rotatable bonds is 6. The fraction of sp³-hybridized carbons (Fsp3) is 0.308. The summed E-state index contributed by atoms with van der Waals surface area (Å²) >= 11 is 1.26. The summed E-state index contributed by atoms with van der Waals surface area (Å²) in [6.07, 6.45) is 0. The summed E-state index contributed by atoms with van der Waals surface area (Å²) in [5.74, 6) is -0.965. The predicted molar refractivity (Wildman–Crippen MR) is 78.0 cm³/mol. The smallest absolute Gasteiger partial charge is 0.328 e. The molecule has 2 aromatic rings. The number of hydrogen-bond acceptors (Lipinski definition) is 7. The molecule has 116 valence electrons. The zero-order chi connectivity index (χ0) is 16.3. The highest BCUT2D eigenvalue weighted by atomic mass is 32.1. The number of thiophene rings is 1. The Balaban J connectivity index is 1.97. The maximum Gasteiger partial charge on any atom is 0.328 e. The van der Waals surface area contributed by atoms with E-state index in [0.29, 0.717) is 4.88 Å². The average molecular weight is 323 g/mol. The minimum Gasteiger partial charge on any atom is -0.456 e. The summed E-state index contributed by atoms with van der Waals surface area (Å²) in [5, 5.41) is 16.6. The minimum atomic E-state index is -0.676. The van der Waals surface area contributed by atoms with E-state index in [1.54, 1.807) is 17.5 Å². The Bertz CT molecular complexity index is 720. The fourth-order valence-electron chi connectivity index (χ4n) is 1.93. The van der Waals surface area contributed by atoms with E-state index in [4.69, 9.17) is 4.74 Å². The molecule has 0 saturated heterocycles. The summed E-state index contributed by atoms with van der Waals surface area (Å²) in [5.41, 5.74) is 0.372. The quantitative estimate of drug-likeness (QED) is 0.348. The highest BCUT2D eigenvalue weighted by molar-refractivity contribution is 7.12. The highest BCUT2D eigenvalue weighted by Crippen LogP contribution is 2.21. The zero-order valence-electron chi connectivity index (χ0n) is 11.9. The first-order valence-corrected chi connectivity index (χ1v) is 7.19. The van der Waals surface area contributed by atoms with Crippen LogP contribution in [0.1, 0.15) is 21.1 Å². The van der Waals surface area contributed by atoms with Crippen molar-refractivity contribution in [3.8, 4) is 0 Å². The number of aromatic nitrogens is 2. The fourth-order valence-corrected chi connectivity index (χ4v) is 2.58. The summed E-state index contributed by atoms with van der Waals surface area (Å²) < 4.78 is 6.08. The van der Waals surface area contributed by atoms with E-state index in [-0.39, 0.29) is 36.0 Å². The van der Waals surface area contributed by atoms with Crippen LogP contribution in [0.2, 0.25) is 0 Å². The summed E-state index contributed by atoms with van der Waals surface area (Å²) in [4.78, 5) is 34.3. The first kappa shape index (κ1) is 15.8. The number of ether oxygens (including phenoxy) is 1. The standard InChI is InChI=1S/C13H13N3O5S/c1-8-13(16(19)20)9(2)15(14-8)6-12(18)21-7-10(17)11-4-3-5-22-11/h3-5H,6-7H2,1-2H3. The van der Waals surface area contributed by atoms with E-state index in [2.05, 4.69) is 5.10 Å². The van der Waals surface area contributed by atoms with Crippen LogP contribution in [0.25, 0.3) is 0 Å². The van der Waals surface area contributed by atoms with Gasteiger partial charge in [-0.3, -0.25) is 24.4 Å². The lowest BCUT2D eigenvalue weighted by molar-refractivity contribution is -0.386. The lowest BCUT2D eigenvalue weighted by Crippen LogP contribution is -2.19. The normalized spacial score (nSPS) is 10.5. The van der Waals surface area contributed by atoms with Gasteiger partial charge in [-0.05, 0) is 25.3 Å². The van der Waals surface area contributed by atoms with Gasteiger partial charge in [0, 0.05) is 0 Å². The SMILES string of the molecule is Cc1nn(CC(=O)OCC(=O)c2cccs2)c(C)c1[N+](=O)[O-]. The van der Waals surface area contributed by atoms with E-state index in [1.807, 2.05) is 0 Å². The number of carbonyl (C=O) groups is 2. The number of esters is 1. The van der Waals surface area contributed by atoms with Crippen LogP contribution < -0.4 is 0 Å². The maximum atomic E-state index is 11.7. The molecule has 0 radical (unpaired) electrons. The minimum absolute atomic E-state index is 0.123. The Kier molecular flexibility index (Phi) is 4.66. The third-order valence-corrected chi connectivity index (χ3v) is 3.88. The second kappa shape index (κ2) is 6.48. The Morgan fingerprint density at radius 2 is 2.18 bits per heavy atom. The lowest BCUT2D eigenvalue weighted by Gasteiger charge is -2.04. The molecule has 2 aromatic heterocycles. The molecule has 0 aromatic carbocycles. The van der Waals surface area contributed by atoms with E-state index in [0.717, 1.165) is 0 Å². The molecule has 0 bridgehead atoms. The Labute approximate surface area is 129 Å². The van der Waals surface area contributed by atoms with E-state index >= 15 is 0 Å². The van der Waals surface area contributed by atoms with Crippen LogP contribution in [0.4, 0.5) is 5.69 Å². The second-order valence-corrected chi connectivity index (χ2v) is 5.44. The van der Waals surface area contributed by atoms with E-state index < -0.39 is 10.9 Å². The Morgan fingerprint density at radius 3 is 2.73 bits per heavy atom. The summed E-state index contributed by atoms with van der Waals surface area (Å²) in [6, 6.07) is 3.37. The Hall–Kier alpha value is -2.55. The molecule has 2 rings (SSSR count). The van der Waals surface area contributed by atoms with Gasteiger partial charge in [0.15, 0.2) is 6.61 Å². The first-order chi connectivity index (χ1) is 10.4. The number of nitrogens with zero attached hydrogens (tertiary/aromatic N) is 3. The number of nitro groups is 1. The van der Waals surface area contributed by atoms with Gasteiger partial charge in [-0.15, -0.1) is 11.3 Å². The van der Waals surface area contributed by atoms with Crippen LogP contribution in [-0.2, 0) is 16.1 Å². The number of hydrogen-bond donors (Lipinski definition) is 0. The molecular weight excluding hydrogens is 310 g/mol. The molecule has 0 aliphatic heterocycles. The van der Waals surface area contributed by atoms with Crippen molar-refractivity contribution < 1.29 is 19.2 Å². The van der Waals surface area contributed by atoms with Crippen LogP contribution in [-0.4, -0.2) is 33.1 Å². The number of ketones is 1. The second-order valence-electron chi connectivity index (χ2n) is 4.50. The molecule has 0 unspecified atom stereocenters. The van der Waals surface area contributed by atoms with E-state index in [1.165, 1.54) is 29.9 Å². The van der Waals surface area contributed by atoms with Crippen LogP contribution in [0.3, 0.4) is 0 Å². The van der Waals surface area contributed by atoms with Crippen LogP contribution in [0, 0.1) is 24.0 Å². The van der Waals surface area contributed by atoms with Gasteiger partial charge < -0.3 is 4.74 Å². The van der Waals surface area contributed by atoms with Crippen molar-refractivity contribution in [1.82, 2.24) is 9.78 Å². The van der Waals surface area contributed by atoms with Crippen molar-refractivity contribution in [2.24, 2.45) is 0 Å². The molecule has 9 heteroatoms. The monoisotopic (exact) mass is 323 g/mol. The lowest BCUT2D eigenvalue weighted by atomic mass is 10.3. The van der Waals surface area contributed by atoms with Gasteiger partial charge in [-0.1, -0.05) is 6.07 Å². The highest BCUT2D eigenvalue weighted by Gasteiger charge is 2.23. The zero-order valence-corrected chi connectivity index (χ0v) is 12.8. The predicted octanol–water partition coefficient (Wildman–Crippen LogP) is 1.90. The molecule has 0 aliphatic carbocycles. The van der Waals surface area contributed by atoms with Crippen LogP contribution >= 0.6 is 11.3 Å². The summed E-state index contributed by atoms with van der Waals surface area (Å²) in [6.45, 7) is 2.36. The number of Topliss-reactive ketones (excluding diaryl/α,β-unsaturated/α-hetero) is 1. The van der Waals surface area contributed by atoms with Gasteiger partial charge >= 0.3 is 11.7 Å². The molecular formula is C13H13N3O5S. The van der Waals surface area contributed by atoms with Crippen LogP contribution in [0.5, 0.6) is 0 Å². The molecule has 0 N–H and O–H groups in total. The third-order valence-electron chi connectivity index (χ3n) is 2.96. The molecule has 0 atom stereocenters. The van der Waals surface area contributed by atoms with Crippen molar-refractivity contribution in [3.63, 3.8) is 0 Å². The Morgan fingerprint density at radius 1 is 1.45 bits per heavy atom. The molecule has 0 spiro atoms. The maximum absolute atomic E-state index is 11.7. The summed E-state index contributed by atoms with van der Waals surface area (Å²) in [7, 11) is 0. The van der Waals surface area contributed by atoms with Crippen molar-refractivity contribution in [2.75, 3.05) is 6.61 Å². The van der Waals surface area contributed by atoms with Gasteiger partial charge in [0.2, 0.25) is 5.78 Å². The molecule has 0 saturated carbocycles. The molecule has 8 nitrogen and oxygen atoms in total.